The van der Waals surface area contributed by atoms with E-state index in [0.717, 1.165) is 0 Å². The van der Waals surface area contributed by atoms with E-state index in [2.05, 4.69) is 0 Å². The molecule has 0 bridgehead atoms. The maximum Gasteiger partial charge on any atom is 0.336 e. The third-order valence-corrected chi connectivity index (χ3v) is 2.49. The Bertz CT molecular complexity index is 304. The van der Waals surface area contributed by atoms with Gasteiger partial charge in [0.2, 0.25) is 0 Å². The first-order valence-corrected chi connectivity index (χ1v) is 5.01. The van der Waals surface area contributed by atoms with Crippen molar-refractivity contribution in [1.82, 2.24) is 0 Å². The normalized spacial score (nSPS) is 12.4. The van der Waals surface area contributed by atoms with Crippen molar-refractivity contribution in [1.29, 1.82) is 0 Å². The Morgan fingerprint density at radius 2 is 2.00 bits per heavy atom. The van der Waals surface area contributed by atoms with Crippen LogP contribution in [-0.2, 0) is 10.0 Å². The molecule has 0 aliphatic carbocycles. The summed E-state index contributed by atoms with van der Waals surface area (Å²) in [5.74, 6) is -1.13. The number of aromatic carboxylic acids is 1. The van der Waals surface area contributed by atoms with Crippen LogP contribution in [0.25, 0.3) is 0 Å². The van der Waals surface area contributed by atoms with E-state index in [1.165, 1.54) is 12.1 Å². The Balaban J connectivity index is 3.27. The topological polar surface area (TPSA) is 54.4 Å². The maximum atomic E-state index is 10.8. The monoisotopic (exact) mass is 204 g/mol. The number of carboxylic acids is 1. The molecule has 0 aliphatic heterocycles. The van der Waals surface area contributed by atoms with Crippen LogP contribution in [0.5, 0.6) is 0 Å². The molecule has 0 spiro atoms. The molecule has 3 nitrogen and oxygen atoms in total. The van der Waals surface area contributed by atoms with E-state index >= 15 is 0 Å². The molecule has 0 heterocycles. The summed E-state index contributed by atoms with van der Waals surface area (Å²) >= 11 is 0. The lowest BCUT2D eigenvalue weighted by atomic mass is 10.2. The summed E-state index contributed by atoms with van der Waals surface area (Å²) in [7, 11) is 3.49. The fourth-order valence-corrected chi connectivity index (χ4v) is 1.70. The Kier molecular flexibility index (Phi) is 2.83. The first-order chi connectivity index (χ1) is 5.63. The van der Waals surface area contributed by atoms with Gasteiger partial charge >= 0.3 is 5.97 Å². The van der Waals surface area contributed by atoms with Crippen LogP contribution < -0.4 is 0 Å². The molecule has 1 aromatic carbocycles. The fourth-order valence-electron chi connectivity index (χ4n) is 0.783. The molecule has 1 unspecified atom stereocenters. The van der Waals surface area contributed by atoms with Crippen LogP contribution in [0.4, 0.5) is 0 Å². The van der Waals surface area contributed by atoms with Gasteiger partial charge in [-0.25, -0.2) is 9.00 Å². The van der Waals surface area contributed by atoms with Crippen molar-refractivity contribution < 1.29 is 14.1 Å². The molecule has 0 aromatic heterocycles. The van der Waals surface area contributed by atoms with Crippen molar-refractivity contribution in [3.05, 3.63) is 29.8 Å². The molecule has 0 saturated carbocycles. The predicted octanol–water partition coefficient (Wildman–Crippen LogP) is 1.65. The first kappa shape index (κ1) is 9.22. The molecule has 1 rings (SSSR count). The quantitative estimate of drug-likeness (QED) is 0.746. The van der Waals surface area contributed by atoms with E-state index < -0.39 is 16.0 Å². The molecule has 0 radical (unpaired) electrons. The first-order valence-electron chi connectivity index (χ1n) is 3.03. The minimum absolute atomic E-state index is 0.0224. The second-order valence-electron chi connectivity index (χ2n) is 2.02. The van der Waals surface area contributed by atoms with Crippen molar-refractivity contribution >= 4 is 26.7 Å². The Morgan fingerprint density at radius 1 is 1.42 bits per heavy atom. The number of hydrogen-bond donors (Lipinski definition) is 1. The highest BCUT2D eigenvalue weighted by atomic mass is 35.7. The van der Waals surface area contributed by atoms with Gasteiger partial charge in [0.25, 0.3) is 0 Å². The van der Waals surface area contributed by atoms with Crippen LogP contribution in [0.1, 0.15) is 10.4 Å². The summed E-state index contributed by atoms with van der Waals surface area (Å²) in [4.78, 5) is 10.7. The van der Waals surface area contributed by atoms with Crippen molar-refractivity contribution in [3.63, 3.8) is 0 Å². The van der Waals surface area contributed by atoms with Crippen molar-refractivity contribution in [2.24, 2.45) is 0 Å². The number of carbonyl (C=O) groups is 1. The molecule has 5 heteroatoms. The maximum absolute atomic E-state index is 10.8. The fraction of sp³-hybridized carbons (Fsp3) is 0. The van der Waals surface area contributed by atoms with Crippen LogP contribution in [0.15, 0.2) is 29.2 Å². The Morgan fingerprint density at radius 3 is 2.42 bits per heavy atom. The van der Waals surface area contributed by atoms with Gasteiger partial charge in [-0.1, -0.05) is 12.1 Å². The largest absolute Gasteiger partial charge is 0.478 e. The third kappa shape index (κ3) is 1.84. The smallest absolute Gasteiger partial charge is 0.336 e. The van der Waals surface area contributed by atoms with E-state index in [0.29, 0.717) is 0 Å². The summed E-state index contributed by atoms with van der Waals surface area (Å²) in [5.41, 5.74) is -0.0224. The molecule has 1 atom stereocenters. The van der Waals surface area contributed by atoms with Gasteiger partial charge in [0, 0.05) is 0 Å². The molecular formula is C7H5ClO3S. The van der Waals surface area contributed by atoms with Crippen LogP contribution in [0.2, 0.25) is 0 Å². The summed E-state index contributed by atoms with van der Waals surface area (Å²) in [6.45, 7) is 0. The van der Waals surface area contributed by atoms with Gasteiger partial charge in [-0.15, -0.1) is 0 Å². The van der Waals surface area contributed by atoms with Gasteiger partial charge < -0.3 is 5.11 Å². The average Bonchev–Trinajstić information content (AvgIpc) is 2.04. The number of rotatable bonds is 2. The zero-order valence-electron chi connectivity index (χ0n) is 5.86. The zero-order valence-corrected chi connectivity index (χ0v) is 7.43. The van der Waals surface area contributed by atoms with E-state index in [4.69, 9.17) is 15.8 Å². The van der Waals surface area contributed by atoms with E-state index in [1.54, 1.807) is 12.1 Å². The summed E-state index contributed by atoms with van der Waals surface area (Å²) in [5, 5.41) is 8.62. The number of benzene rings is 1. The molecule has 1 N–H and O–H groups in total. The van der Waals surface area contributed by atoms with Gasteiger partial charge in [0.1, 0.15) is 10.0 Å². The Hall–Kier alpha value is -0.870. The second kappa shape index (κ2) is 3.69. The second-order valence-corrected chi connectivity index (χ2v) is 3.75. The van der Waals surface area contributed by atoms with E-state index in [9.17, 15) is 9.00 Å². The molecule has 0 amide bonds. The highest BCUT2D eigenvalue weighted by molar-refractivity contribution is 8.08. The molecule has 64 valence electrons. The predicted molar refractivity (Wildman–Crippen MR) is 45.7 cm³/mol. The van der Waals surface area contributed by atoms with Gasteiger partial charge in [-0.05, 0) is 22.8 Å². The number of carboxylic acid groups (broad SMARTS) is 1. The average molecular weight is 205 g/mol. The van der Waals surface area contributed by atoms with Gasteiger partial charge in [-0.2, -0.15) is 0 Å². The number of hydrogen-bond acceptors (Lipinski definition) is 2. The van der Waals surface area contributed by atoms with Crippen LogP contribution in [0.3, 0.4) is 0 Å². The molecule has 0 saturated heterocycles. The lowest BCUT2D eigenvalue weighted by Crippen LogP contribution is -2.00. The standard InChI is InChI=1S/C7H5ClO3S/c8-12(11)6-4-2-1-3-5(6)7(9)10/h1-4H,(H,9,10). The van der Waals surface area contributed by atoms with Gasteiger partial charge in [0.15, 0.2) is 0 Å². The molecule has 1 aromatic rings. The lowest BCUT2D eigenvalue weighted by Gasteiger charge is -1.98. The van der Waals surface area contributed by atoms with Gasteiger partial charge in [-0.3, -0.25) is 0 Å². The van der Waals surface area contributed by atoms with Crippen LogP contribution in [-0.4, -0.2) is 15.3 Å². The van der Waals surface area contributed by atoms with E-state index in [-0.39, 0.29) is 10.5 Å². The molecule has 0 fully saturated rings. The highest BCUT2D eigenvalue weighted by Crippen LogP contribution is 2.15. The zero-order chi connectivity index (χ0) is 9.14. The van der Waals surface area contributed by atoms with Crippen LogP contribution >= 0.6 is 10.7 Å². The van der Waals surface area contributed by atoms with Crippen molar-refractivity contribution in [2.45, 2.75) is 4.90 Å². The Labute approximate surface area is 75.9 Å². The minimum Gasteiger partial charge on any atom is -0.478 e. The van der Waals surface area contributed by atoms with Crippen LogP contribution in [0, 0.1) is 0 Å². The third-order valence-electron chi connectivity index (χ3n) is 1.29. The molecular weight excluding hydrogens is 200 g/mol. The van der Waals surface area contributed by atoms with E-state index in [1.807, 2.05) is 0 Å². The molecule has 12 heavy (non-hydrogen) atoms. The van der Waals surface area contributed by atoms with Crippen molar-refractivity contribution in [2.75, 3.05) is 0 Å². The van der Waals surface area contributed by atoms with Gasteiger partial charge in [0.05, 0.1) is 10.5 Å². The minimum atomic E-state index is -1.77. The summed E-state index contributed by atoms with van der Waals surface area (Å²) in [6.07, 6.45) is 0. The van der Waals surface area contributed by atoms with Crippen molar-refractivity contribution in [3.8, 4) is 0 Å². The number of halogens is 1. The highest BCUT2D eigenvalue weighted by Gasteiger charge is 2.12. The molecule has 0 aliphatic rings. The SMILES string of the molecule is O=C(O)c1ccccc1S(=O)Cl. The summed E-state index contributed by atoms with van der Waals surface area (Å²) < 4.78 is 10.8. The summed E-state index contributed by atoms with van der Waals surface area (Å²) in [6, 6.07) is 5.92. The lowest BCUT2D eigenvalue weighted by molar-refractivity contribution is 0.0693.